The number of nitrogens with zero attached hydrogens (tertiary/aromatic N) is 3. The predicted molar refractivity (Wildman–Crippen MR) is 103 cm³/mol. The second kappa shape index (κ2) is 7.47. The molecule has 130 valence electrons. The highest BCUT2D eigenvalue weighted by molar-refractivity contribution is 7.18. The molecule has 0 spiro atoms. The predicted octanol–water partition coefficient (Wildman–Crippen LogP) is 3.41. The molecule has 0 saturated carbocycles. The number of aromatic nitrogens is 2. The van der Waals surface area contributed by atoms with Gasteiger partial charge in [-0.3, -0.25) is 4.90 Å². The third kappa shape index (κ3) is 3.81. The Balaban J connectivity index is 1.57. The maximum atomic E-state index is 5.41. The summed E-state index contributed by atoms with van der Waals surface area (Å²) in [6.45, 7) is 7.67. The van der Waals surface area contributed by atoms with Gasteiger partial charge in [-0.1, -0.05) is 30.3 Å². The molecule has 25 heavy (non-hydrogen) atoms. The van der Waals surface area contributed by atoms with Crippen molar-refractivity contribution in [2.75, 3.05) is 44.7 Å². The van der Waals surface area contributed by atoms with Crippen LogP contribution in [0.25, 0.3) is 21.6 Å². The van der Waals surface area contributed by atoms with Crippen LogP contribution in [0.3, 0.4) is 0 Å². The maximum Gasteiger partial charge on any atom is 0.163 e. The van der Waals surface area contributed by atoms with Gasteiger partial charge in [0.05, 0.1) is 18.6 Å². The van der Waals surface area contributed by atoms with Crippen LogP contribution in [0.4, 0.5) is 5.82 Å². The first-order valence-corrected chi connectivity index (χ1v) is 9.49. The molecule has 3 heterocycles. The monoisotopic (exact) mass is 354 g/mol. The molecule has 0 radical (unpaired) electrons. The molecule has 1 saturated heterocycles. The first-order valence-electron chi connectivity index (χ1n) is 8.67. The van der Waals surface area contributed by atoms with Gasteiger partial charge in [-0.05, 0) is 13.0 Å². The Morgan fingerprint density at radius 1 is 1.16 bits per heavy atom. The fourth-order valence-corrected chi connectivity index (χ4v) is 3.93. The van der Waals surface area contributed by atoms with Crippen molar-refractivity contribution in [1.29, 1.82) is 0 Å². The zero-order chi connectivity index (χ0) is 17.1. The topological polar surface area (TPSA) is 50.3 Å². The van der Waals surface area contributed by atoms with E-state index in [1.54, 1.807) is 11.3 Å². The number of anilines is 1. The number of fused-ring (bicyclic) bond motifs is 1. The van der Waals surface area contributed by atoms with Gasteiger partial charge in [0.15, 0.2) is 5.82 Å². The fraction of sp³-hybridized carbons (Fsp3) is 0.368. The van der Waals surface area contributed by atoms with Crippen LogP contribution in [0, 0.1) is 6.92 Å². The average molecular weight is 354 g/mol. The van der Waals surface area contributed by atoms with Crippen molar-refractivity contribution in [2.24, 2.45) is 0 Å². The molecule has 0 atom stereocenters. The van der Waals surface area contributed by atoms with E-state index in [2.05, 4.69) is 35.3 Å². The summed E-state index contributed by atoms with van der Waals surface area (Å²) >= 11 is 1.72. The molecular weight excluding hydrogens is 332 g/mol. The molecule has 1 aromatic carbocycles. The number of nitrogens with one attached hydrogen (secondary N) is 1. The van der Waals surface area contributed by atoms with Gasteiger partial charge >= 0.3 is 0 Å². The molecule has 1 aliphatic heterocycles. The highest BCUT2D eigenvalue weighted by Crippen LogP contribution is 2.30. The first-order chi connectivity index (χ1) is 12.3. The second-order valence-corrected chi connectivity index (χ2v) is 7.45. The molecule has 3 aromatic rings. The van der Waals surface area contributed by atoms with E-state index in [-0.39, 0.29) is 0 Å². The minimum Gasteiger partial charge on any atom is -0.379 e. The summed E-state index contributed by atoms with van der Waals surface area (Å²) in [7, 11) is 0. The molecule has 0 bridgehead atoms. The minimum atomic E-state index is 0.781. The van der Waals surface area contributed by atoms with Crippen molar-refractivity contribution in [3.63, 3.8) is 0 Å². The molecule has 1 aliphatic rings. The zero-order valence-corrected chi connectivity index (χ0v) is 15.2. The lowest BCUT2D eigenvalue weighted by molar-refractivity contribution is 0.0398. The van der Waals surface area contributed by atoms with Crippen LogP contribution in [0.1, 0.15) is 4.88 Å². The Morgan fingerprint density at radius 2 is 1.96 bits per heavy atom. The van der Waals surface area contributed by atoms with Gasteiger partial charge in [0, 0.05) is 36.6 Å². The van der Waals surface area contributed by atoms with Gasteiger partial charge in [0.25, 0.3) is 0 Å². The number of rotatable bonds is 5. The van der Waals surface area contributed by atoms with Crippen molar-refractivity contribution in [1.82, 2.24) is 14.9 Å². The van der Waals surface area contributed by atoms with Gasteiger partial charge in [-0.2, -0.15) is 0 Å². The Morgan fingerprint density at radius 3 is 2.76 bits per heavy atom. The molecule has 1 fully saturated rings. The third-order valence-corrected chi connectivity index (χ3v) is 5.32. The number of hydrogen-bond donors (Lipinski definition) is 1. The lowest BCUT2D eigenvalue weighted by Crippen LogP contribution is -2.39. The maximum absolute atomic E-state index is 5.41. The molecule has 6 heteroatoms. The molecule has 0 aliphatic carbocycles. The summed E-state index contributed by atoms with van der Waals surface area (Å²) in [4.78, 5) is 14.3. The number of hydrogen-bond acceptors (Lipinski definition) is 6. The summed E-state index contributed by atoms with van der Waals surface area (Å²) in [6.07, 6.45) is 0. The van der Waals surface area contributed by atoms with Crippen molar-refractivity contribution in [3.05, 3.63) is 41.3 Å². The van der Waals surface area contributed by atoms with Crippen molar-refractivity contribution in [3.8, 4) is 11.4 Å². The van der Waals surface area contributed by atoms with E-state index in [4.69, 9.17) is 14.7 Å². The Labute approximate surface area is 151 Å². The average Bonchev–Trinajstić information content (AvgIpc) is 3.03. The van der Waals surface area contributed by atoms with E-state index in [1.165, 1.54) is 4.88 Å². The van der Waals surface area contributed by atoms with Crippen LogP contribution >= 0.6 is 11.3 Å². The van der Waals surface area contributed by atoms with Crippen LogP contribution in [0.2, 0.25) is 0 Å². The van der Waals surface area contributed by atoms with Gasteiger partial charge < -0.3 is 10.1 Å². The highest BCUT2D eigenvalue weighted by atomic mass is 32.1. The van der Waals surface area contributed by atoms with Crippen molar-refractivity contribution >= 4 is 27.4 Å². The number of ether oxygens (including phenoxy) is 1. The summed E-state index contributed by atoms with van der Waals surface area (Å²) < 4.78 is 5.41. The standard InChI is InChI=1S/C19H22N4OS/c1-14-13-16-18(20-7-8-23-9-11-24-12-10-23)21-17(22-19(16)25-14)15-5-3-2-4-6-15/h2-6,13H,7-12H2,1H3,(H,20,21,22). The number of thiophene rings is 1. The van der Waals surface area contributed by atoms with E-state index in [0.717, 1.165) is 66.8 Å². The SMILES string of the molecule is Cc1cc2c(NCCN3CCOCC3)nc(-c3ccccc3)nc2s1. The van der Waals surface area contributed by atoms with Crippen LogP contribution < -0.4 is 5.32 Å². The summed E-state index contributed by atoms with van der Waals surface area (Å²) in [5, 5.41) is 4.65. The molecule has 5 nitrogen and oxygen atoms in total. The Kier molecular flexibility index (Phi) is 4.92. The normalized spacial score (nSPS) is 15.6. The summed E-state index contributed by atoms with van der Waals surface area (Å²) in [6, 6.07) is 12.3. The van der Waals surface area contributed by atoms with Crippen LogP contribution in [0.5, 0.6) is 0 Å². The molecule has 2 aromatic heterocycles. The van der Waals surface area contributed by atoms with Crippen LogP contribution in [-0.4, -0.2) is 54.3 Å². The number of aryl methyl sites for hydroxylation is 1. The third-order valence-electron chi connectivity index (χ3n) is 4.37. The molecule has 1 N–H and O–H groups in total. The largest absolute Gasteiger partial charge is 0.379 e. The lowest BCUT2D eigenvalue weighted by atomic mass is 10.2. The van der Waals surface area contributed by atoms with Crippen molar-refractivity contribution < 1.29 is 4.74 Å². The minimum absolute atomic E-state index is 0.781. The Hall–Kier alpha value is -2.02. The first kappa shape index (κ1) is 16.4. The van der Waals surface area contributed by atoms with Gasteiger partial charge in [-0.15, -0.1) is 11.3 Å². The Bertz CT molecular complexity index is 843. The highest BCUT2D eigenvalue weighted by Gasteiger charge is 2.13. The number of benzene rings is 1. The summed E-state index contributed by atoms with van der Waals surface area (Å²) in [5.41, 5.74) is 1.05. The van der Waals surface area contributed by atoms with Gasteiger partial charge in [0.1, 0.15) is 10.6 Å². The fourth-order valence-electron chi connectivity index (χ4n) is 3.05. The molecule has 0 amide bonds. The van der Waals surface area contributed by atoms with E-state index in [9.17, 15) is 0 Å². The van der Waals surface area contributed by atoms with E-state index >= 15 is 0 Å². The van der Waals surface area contributed by atoms with E-state index in [1.807, 2.05) is 18.2 Å². The van der Waals surface area contributed by atoms with Crippen LogP contribution in [-0.2, 0) is 4.74 Å². The van der Waals surface area contributed by atoms with Gasteiger partial charge in [0.2, 0.25) is 0 Å². The van der Waals surface area contributed by atoms with Gasteiger partial charge in [-0.25, -0.2) is 9.97 Å². The van der Waals surface area contributed by atoms with E-state index in [0.29, 0.717) is 0 Å². The lowest BCUT2D eigenvalue weighted by Gasteiger charge is -2.26. The summed E-state index contributed by atoms with van der Waals surface area (Å²) in [5.74, 6) is 1.71. The smallest absolute Gasteiger partial charge is 0.163 e. The second-order valence-electron chi connectivity index (χ2n) is 6.22. The van der Waals surface area contributed by atoms with Crippen molar-refractivity contribution in [2.45, 2.75) is 6.92 Å². The molecule has 4 rings (SSSR count). The molecular formula is C19H22N4OS. The number of morpholine rings is 1. The quantitative estimate of drug-likeness (QED) is 0.761. The zero-order valence-electron chi connectivity index (χ0n) is 14.4. The molecule has 0 unspecified atom stereocenters. The van der Waals surface area contributed by atoms with E-state index < -0.39 is 0 Å². The van der Waals surface area contributed by atoms with Crippen LogP contribution in [0.15, 0.2) is 36.4 Å².